The summed E-state index contributed by atoms with van der Waals surface area (Å²) in [5, 5.41) is 3.32. The first-order chi connectivity index (χ1) is 15.5. The van der Waals surface area contributed by atoms with Crippen molar-refractivity contribution in [3.05, 3.63) is 106 Å². The van der Waals surface area contributed by atoms with Crippen molar-refractivity contribution in [2.75, 3.05) is 5.75 Å². The minimum atomic E-state index is -0.182. The van der Waals surface area contributed by atoms with E-state index in [0.29, 0.717) is 11.6 Å². The predicted molar refractivity (Wildman–Crippen MR) is 130 cm³/mol. The van der Waals surface area contributed by atoms with Crippen LogP contribution in [-0.2, 0) is 11.3 Å². The molecule has 1 amide bonds. The van der Waals surface area contributed by atoms with Gasteiger partial charge in [-0.2, -0.15) is 0 Å². The lowest BCUT2D eigenvalue weighted by Crippen LogP contribution is -2.29. The minimum absolute atomic E-state index is 0.105. The number of nitrogens with one attached hydrogen (secondary N) is 1. The standard InChI is InChI=1S/C26H25N3O2S/c1-18-12-14-20(15-13-18)16-29-23-11-7-6-10-22(23)28-25(26(29)31)32-17-24(30)27-19(2)21-8-4-3-5-9-21/h3-15,19H,16-17H2,1-2H3,(H,27,30)/t19-/m1/s1. The Labute approximate surface area is 191 Å². The van der Waals surface area contributed by atoms with Crippen molar-refractivity contribution in [3.8, 4) is 0 Å². The highest BCUT2D eigenvalue weighted by molar-refractivity contribution is 7.99. The van der Waals surface area contributed by atoms with Crippen LogP contribution < -0.4 is 10.9 Å². The number of thioether (sulfide) groups is 1. The second kappa shape index (κ2) is 9.83. The zero-order chi connectivity index (χ0) is 22.5. The number of aromatic nitrogens is 2. The Bertz CT molecular complexity index is 1280. The first-order valence-corrected chi connectivity index (χ1v) is 11.5. The summed E-state index contributed by atoms with van der Waals surface area (Å²) >= 11 is 1.18. The lowest BCUT2D eigenvalue weighted by Gasteiger charge is -2.15. The summed E-state index contributed by atoms with van der Waals surface area (Å²) in [5.74, 6) is -0.00625. The number of carbonyl (C=O) groups excluding carboxylic acids is 1. The summed E-state index contributed by atoms with van der Waals surface area (Å²) < 4.78 is 1.74. The van der Waals surface area contributed by atoms with Crippen molar-refractivity contribution < 1.29 is 4.79 Å². The topological polar surface area (TPSA) is 64.0 Å². The monoisotopic (exact) mass is 443 g/mol. The fraction of sp³-hybridized carbons (Fsp3) is 0.192. The van der Waals surface area contributed by atoms with E-state index in [1.54, 1.807) is 4.57 Å². The van der Waals surface area contributed by atoms with E-state index in [4.69, 9.17) is 0 Å². The van der Waals surface area contributed by atoms with Crippen LogP contribution in [0.4, 0.5) is 0 Å². The third kappa shape index (κ3) is 5.08. The maximum absolute atomic E-state index is 13.3. The molecule has 0 saturated carbocycles. The number of fused-ring (bicyclic) bond motifs is 1. The van der Waals surface area contributed by atoms with E-state index in [9.17, 15) is 9.59 Å². The van der Waals surface area contributed by atoms with Gasteiger partial charge in [0.1, 0.15) is 0 Å². The summed E-state index contributed by atoms with van der Waals surface area (Å²) in [6, 6.07) is 25.4. The number of carbonyl (C=O) groups is 1. The molecule has 3 aromatic carbocycles. The highest BCUT2D eigenvalue weighted by Crippen LogP contribution is 2.18. The fourth-order valence-electron chi connectivity index (χ4n) is 3.54. The van der Waals surface area contributed by atoms with Crippen LogP contribution in [0.2, 0.25) is 0 Å². The molecule has 6 heteroatoms. The molecule has 5 nitrogen and oxygen atoms in total. The van der Waals surface area contributed by atoms with Gasteiger partial charge >= 0.3 is 0 Å². The largest absolute Gasteiger partial charge is 0.349 e. The molecule has 0 bridgehead atoms. The Morgan fingerprint density at radius 3 is 2.44 bits per heavy atom. The highest BCUT2D eigenvalue weighted by atomic mass is 32.2. The number of hydrogen-bond donors (Lipinski definition) is 1. The van der Waals surface area contributed by atoms with E-state index in [1.165, 1.54) is 17.3 Å². The molecule has 0 fully saturated rings. The van der Waals surface area contributed by atoms with Gasteiger partial charge in [0.15, 0.2) is 5.03 Å². The smallest absolute Gasteiger partial charge is 0.283 e. The molecule has 0 aliphatic heterocycles. The van der Waals surface area contributed by atoms with Crippen LogP contribution in [0.25, 0.3) is 11.0 Å². The van der Waals surface area contributed by atoms with Crippen LogP contribution in [0.3, 0.4) is 0 Å². The molecule has 32 heavy (non-hydrogen) atoms. The normalized spacial score (nSPS) is 11.9. The summed E-state index contributed by atoms with van der Waals surface area (Å²) in [7, 11) is 0. The molecular formula is C26H25N3O2S. The second-order valence-corrected chi connectivity index (χ2v) is 8.74. The zero-order valence-electron chi connectivity index (χ0n) is 18.1. The van der Waals surface area contributed by atoms with Crippen LogP contribution >= 0.6 is 11.8 Å². The van der Waals surface area contributed by atoms with Gasteiger partial charge in [-0.3, -0.25) is 14.2 Å². The average molecular weight is 444 g/mol. The van der Waals surface area contributed by atoms with Crippen molar-refractivity contribution in [2.45, 2.75) is 31.5 Å². The van der Waals surface area contributed by atoms with Crippen molar-refractivity contribution in [3.63, 3.8) is 0 Å². The summed E-state index contributed by atoms with van der Waals surface area (Å²) in [6.45, 7) is 4.43. The molecule has 162 valence electrons. The van der Waals surface area contributed by atoms with E-state index < -0.39 is 0 Å². The molecule has 0 aliphatic carbocycles. The van der Waals surface area contributed by atoms with Gasteiger partial charge in [-0.05, 0) is 37.1 Å². The molecular weight excluding hydrogens is 418 g/mol. The molecule has 4 rings (SSSR count). The molecule has 1 aromatic heterocycles. The molecule has 1 heterocycles. The molecule has 0 unspecified atom stereocenters. The van der Waals surface area contributed by atoms with Gasteiger partial charge in [0.05, 0.1) is 29.4 Å². The van der Waals surface area contributed by atoms with E-state index in [2.05, 4.69) is 10.3 Å². The Morgan fingerprint density at radius 1 is 1.00 bits per heavy atom. The van der Waals surface area contributed by atoms with E-state index >= 15 is 0 Å². The van der Waals surface area contributed by atoms with Gasteiger partial charge in [-0.1, -0.05) is 84.1 Å². The van der Waals surface area contributed by atoms with Gasteiger partial charge in [0.25, 0.3) is 5.56 Å². The van der Waals surface area contributed by atoms with E-state index in [0.717, 1.165) is 22.2 Å². The van der Waals surface area contributed by atoms with Gasteiger partial charge in [0.2, 0.25) is 5.91 Å². The molecule has 0 spiro atoms. The molecule has 0 aliphatic rings. The van der Waals surface area contributed by atoms with Crippen LogP contribution in [0.5, 0.6) is 0 Å². The molecule has 1 atom stereocenters. The van der Waals surface area contributed by atoms with Crippen molar-refractivity contribution >= 4 is 28.7 Å². The SMILES string of the molecule is Cc1ccc(Cn2c(=O)c(SCC(=O)N[C@H](C)c3ccccc3)nc3ccccc32)cc1. The lowest BCUT2D eigenvalue weighted by atomic mass is 10.1. The lowest BCUT2D eigenvalue weighted by molar-refractivity contribution is -0.119. The fourth-order valence-corrected chi connectivity index (χ4v) is 4.29. The summed E-state index contributed by atoms with van der Waals surface area (Å²) in [5.41, 5.74) is 4.59. The minimum Gasteiger partial charge on any atom is -0.349 e. The number of aryl methyl sites for hydroxylation is 1. The Hall–Kier alpha value is -3.38. The van der Waals surface area contributed by atoms with Gasteiger partial charge in [-0.15, -0.1) is 0 Å². The number of amides is 1. The molecule has 0 saturated heterocycles. The zero-order valence-corrected chi connectivity index (χ0v) is 18.9. The number of rotatable bonds is 7. The molecule has 4 aromatic rings. The number of benzene rings is 3. The third-order valence-electron chi connectivity index (χ3n) is 5.30. The Morgan fingerprint density at radius 2 is 1.69 bits per heavy atom. The summed E-state index contributed by atoms with van der Waals surface area (Å²) in [4.78, 5) is 30.3. The van der Waals surface area contributed by atoms with Crippen LogP contribution in [0.1, 0.15) is 29.7 Å². The quantitative estimate of drug-likeness (QED) is 0.420. The van der Waals surface area contributed by atoms with Crippen LogP contribution in [-0.4, -0.2) is 21.2 Å². The maximum atomic E-state index is 13.3. The third-order valence-corrected chi connectivity index (χ3v) is 6.25. The van der Waals surface area contributed by atoms with E-state index in [1.807, 2.05) is 92.7 Å². The second-order valence-electron chi connectivity index (χ2n) is 7.77. The van der Waals surface area contributed by atoms with Gasteiger partial charge in [-0.25, -0.2) is 4.98 Å². The number of hydrogen-bond acceptors (Lipinski definition) is 4. The summed E-state index contributed by atoms with van der Waals surface area (Å²) in [6.07, 6.45) is 0. The predicted octanol–water partition coefficient (Wildman–Crippen LogP) is 4.72. The first-order valence-electron chi connectivity index (χ1n) is 10.5. The van der Waals surface area contributed by atoms with Crippen molar-refractivity contribution in [1.82, 2.24) is 14.9 Å². The van der Waals surface area contributed by atoms with Crippen LogP contribution in [0.15, 0.2) is 88.7 Å². The maximum Gasteiger partial charge on any atom is 0.283 e. The van der Waals surface area contributed by atoms with E-state index in [-0.39, 0.29) is 23.3 Å². The van der Waals surface area contributed by atoms with Crippen LogP contribution in [0, 0.1) is 6.92 Å². The molecule has 0 radical (unpaired) electrons. The van der Waals surface area contributed by atoms with Gasteiger partial charge < -0.3 is 5.32 Å². The number of para-hydroxylation sites is 2. The first kappa shape index (κ1) is 21.8. The Balaban J connectivity index is 1.55. The average Bonchev–Trinajstić information content (AvgIpc) is 2.81. The number of nitrogens with zero attached hydrogens (tertiary/aromatic N) is 2. The molecule has 1 N–H and O–H groups in total. The Kier molecular flexibility index (Phi) is 6.71. The van der Waals surface area contributed by atoms with Gasteiger partial charge in [0, 0.05) is 0 Å². The van der Waals surface area contributed by atoms with Crippen molar-refractivity contribution in [1.29, 1.82) is 0 Å². The van der Waals surface area contributed by atoms with Crippen molar-refractivity contribution in [2.24, 2.45) is 0 Å². The highest BCUT2D eigenvalue weighted by Gasteiger charge is 2.15.